The Morgan fingerprint density at radius 1 is 1.21 bits per heavy atom. The Hall–Kier alpha value is 0.270. The fourth-order valence-corrected chi connectivity index (χ4v) is 2.55. The van der Waals surface area contributed by atoms with Crippen molar-refractivity contribution >= 4 is 11.8 Å². The summed E-state index contributed by atoms with van der Waals surface area (Å²) in [5.41, 5.74) is 6.09. The van der Waals surface area contributed by atoms with Crippen molar-refractivity contribution in [2.45, 2.75) is 38.1 Å². The van der Waals surface area contributed by atoms with Crippen molar-refractivity contribution < 1.29 is 0 Å². The number of nitrogens with two attached hydrogens (primary N) is 1. The minimum absolute atomic E-state index is 0.389. The molecule has 14 heavy (non-hydrogen) atoms. The molecule has 0 bridgehead atoms. The van der Waals surface area contributed by atoms with Gasteiger partial charge >= 0.3 is 0 Å². The van der Waals surface area contributed by atoms with Gasteiger partial charge in [-0.05, 0) is 44.4 Å². The molecule has 0 unspecified atom stereocenters. The van der Waals surface area contributed by atoms with Gasteiger partial charge in [0, 0.05) is 12.6 Å². The molecule has 0 radical (unpaired) electrons. The summed E-state index contributed by atoms with van der Waals surface area (Å²) in [5, 5.41) is 0. The van der Waals surface area contributed by atoms with E-state index in [1.54, 1.807) is 0 Å². The monoisotopic (exact) mass is 216 g/mol. The first kappa shape index (κ1) is 12.3. The molecule has 0 amide bonds. The Labute approximate surface area is 92.6 Å². The molecule has 1 saturated heterocycles. The zero-order valence-electron chi connectivity index (χ0n) is 9.37. The van der Waals surface area contributed by atoms with Crippen molar-refractivity contribution in [1.29, 1.82) is 0 Å². The lowest BCUT2D eigenvalue weighted by atomic mass is 10.2. The summed E-state index contributed by atoms with van der Waals surface area (Å²) in [6, 6.07) is 0.389. The van der Waals surface area contributed by atoms with Crippen molar-refractivity contribution in [2.24, 2.45) is 5.73 Å². The minimum Gasteiger partial charge on any atom is -0.327 e. The summed E-state index contributed by atoms with van der Waals surface area (Å²) in [6.45, 7) is 3.65. The molecular weight excluding hydrogens is 192 g/mol. The van der Waals surface area contributed by atoms with Crippen molar-refractivity contribution in [3.8, 4) is 0 Å². The first-order chi connectivity index (χ1) is 6.83. The Morgan fingerprint density at radius 2 is 1.86 bits per heavy atom. The van der Waals surface area contributed by atoms with Crippen LogP contribution in [0.4, 0.5) is 0 Å². The maximum Gasteiger partial charge on any atom is 0.0175 e. The number of hydrogen-bond donors (Lipinski definition) is 1. The Morgan fingerprint density at radius 3 is 2.43 bits per heavy atom. The quantitative estimate of drug-likeness (QED) is 0.761. The van der Waals surface area contributed by atoms with E-state index in [0.29, 0.717) is 6.04 Å². The molecule has 1 rings (SSSR count). The molecule has 1 fully saturated rings. The van der Waals surface area contributed by atoms with E-state index in [-0.39, 0.29) is 0 Å². The minimum atomic E-state index is 0.389. The van der Waals surface area contributed by atoms with Crippen molar-refractivity contribution in [1.82, 2.24) is 4.90 Å². The van der Waals surface area contributed by atoms with E-state index in [9.17, 15) is 0 Å². The number of nitrogens with zero attached hydrogens (tertiary/aromatic N) is 1. The highest BCUT2D eigenvalue weighted by atomic mass is 32.2. The lowest BCUT2D eigenvalue weighted by Crippen LogP contribution is -2.38. The molecule has 0 aromatic rings. The van der Waals surface area contributed by atoms with Gasteiger partial charge in [0.25, 0.3) is 0 Å². The number of hydrogen-bond acceptors (Lipinski definition) is 3. The van der Waals surface area contributed by atoms with E-state index >= 15 is 0 Å². The van der Waals surface area contributed by atoms with Gasteiger partial charge in [-0.25, -0.2) is 0 Å². The lowest BCUT2D eigenvalue weighted by molar-refractivity contribution is 0.265. The van der Waals surface area contributed by atoms with Gasteiger partial charge in [-0.15, -0.1) is 0 Å². The average Bonchev–Trinajstić information content (AvgIpc) is 2.43. The second-order valence-electron chi connectivity index (χ2n) is 4.26. The van der Waals surface area contributed by atoms with Crippen LogP contribution in [-0.2, 0) is 0 Å². The highest BCUT2D eigenvalue weighted by Gasteiger charge is 2.12. The Kier molecular flexibility index (Phi) is 6.65. The standard InChI is InChI=1S/C11H24N2S/c1-14-9-6-11(12)10-13-7-4-2-3-5-8-13/h11H,2-10,12H2,1H3/t11-/m0/s1. The molecule has 84 valence electrons. The number of thioether (sulfide) groups is 1. The summed E-state index contributed by atoms with van der Waals surface area (Å²) in [5.74, 6) is 1.20. The normalized spacial score (nSPS) is 21.9. The molecule has 0 aromatic heterocycles. The molecular formula is C11H24N2S. The van der Waals surface area contributed by atoms with Crippen LogP contribution in [0.2, 0.25) is 0 Å². The van der Waals surface area contributed by atoms with Gasteiger partial charge in [-0.3, -0.25) is 0 Å². The van der Waals surface area contributed by atoms with Gasteiger partial charge in [0.2, 0.25) is 0 Å². The zero-order chi connectivity index (χ0) is 10.2. The summed E-state index contributed by atoms with van der Waals surface area (Å²) >= 11 is 1.90. The summed E-state index contributed by atoms with van der Waals surface area (Å²) in [4.78, 5) is 2.55. The van der Waals surface area contributed by atoms with Gasteiger partial charge in [0.1, 0.15) is 0 Å². The number of rotatable bonds is 5. The third kappa shape index (κ3) is 5.23. The first-order valence-corrected chi connectivity index (χ1v) is 7.19. The van der Waals surface area contributed by atoms with Crippen LogP contribution in [0.5, 0.6) is 0 Å². The highest BCUT2D eigenvalue weighted by Crippen LogP contribution is 2.10. The molecule has 1 heterocycles. The van der Waals surface area contributed by atoms with Gasteiger partial charge in [-0.1, -0.05) is 12.8 Å². The van der Waals surface area contributed by atoms with Crippen LogP contribution in [0, 0.1) is 0 Å². The molecule has 0 saturated carbocycles. The fraction of sp³-hybridized carbons (Fsp3) is 1.00. The van der Waals surface area contributed by atoms with Crippen LogP contribution < -0.4 is 5.73 Å². The maximum atomic E-state index is 6.09. The van der Waals surface area contributed by atoms with Crippen LogP contribution in [0.3, 0.4) is 0 Å². The Balaban J connectivity index is 2.13. The van der Waals surface area contributed by atoms with E-state index in [4.69, 9.17) is 5.73 Å². The van der Waals surface area contributed by atoms with Gasteiger partial charge in [0.05, 0.1) is 0 Å². The topological polar surface area (TPSA) is 29.3 Å². The molecule has 0 aliphatic carbocycles. The molecule has 3 heteroatoms. The molecule has 2 nitrogen and oxygen atoms in total. The van der Waals surface area contributed by atoms with E-state index in [2.05, 4.69) is 11.2 Å². The number of likely N-dealkylation sites (tertiary alicyclic amines) is 1. The molecule has 1 aliphatic rings. The van der Waals surface area contributed by atoms with E-state index in [1.807, 2.05) is 11.8 Å². The maximum absolute atomic E-state index is 6.09. The first-order valence-electron chi connectivity index (χ1n) is 5.80. The van der Waals surface area contributed by atoms with Crippen LogP contribution in [-0.4, -0.2) is 42.6 Å². The largest absolute Gasteiger partial charge is 0.327 e. The smallest absolute Gasteiger partial charge is 0.0175 e. The fourth-order valence-electron chi connectivity index (χ4n) is 2.01. The third-order valence-electron chi connectivity index (χ3n) is 2.88. The SMILES string of the molecule is CSCC[C@H](N)CN1CCCCCC1. The van der Waals surface area contributed by atoms with Gasteiger partial charge in [0.15, 0.2) is 0 Å². The van der Waals surface area contributed by atoms with E-state index in [0.717, 1.165) is 13.0 Å². The average molecular weight is 216 g/mol. The van der Waals surface area contributed by atoms with Crippen molar-refractivity contribution in [2.75, 3.05) is 31.6 Å². The van der Waals surface area contributed by atoms with Crippen LogP contribution >= 0.6 is 11.8 Å². The summed E-state index contributed by atoms with van der Waals surface area (Å²) < 4.78 is 0. The molecule has 2 N–H and O–H groups in total. The molecule has 1 atom stereocenters. The summed E-state index contributed by atoms with van der Waals surface area (Å²) in [7, 11) is 0. The molecule has 0 spiro atoms. The van der Waals surface area contributed by atoms with Crippen LogP contribution in [0.15, 0.2) is 0 Å². The van der Waals surface area contributed by atoms with Crippen LogP contribution in [0.25, 0.3) is 0 Å². The highest BCUT2D eigenvalue weighted by molar-refractivity contribution is 7.98. The molecule has 1 aliphatic heterocycles. The Bertz CT molecular complexity index is 133. The second kappa shape index (κ2) is 7.55. The van der Waals surface area contributed by atoms with Gasteiger partial charge < -0.3 is 10.6 Å². The zero-order valence-corrected chi connectivity index (χ0v) is 10.2. The van der Waals surface area contributed by atoms with E-state index in [1.165, 1.54) is 44.5 Å². The predicted molar refractivity (Wildman–Crippen MR) is 65.9 cm³/mol. The van der Waals surface area contributed by atoms with Gasteiger partial charge in [-0.2, -0.15) is 11.8 Å². The van der Waals surface area contributed by atoms with Crippen molar-refractivity contribution in [3.05, 3.63) is 0 Å². The van der Waals surface area contributed by atoms with Crippen LogP contribution in [0.1, 0.15) is 32.1 Å². The van der Waals surface area contributed by atoms with Crippen molar-refractivity contribution in [3.63, 3.8) is 0 Å². The lowest BCUT2D eigenvalue weighted by Gasteiger charge is -2.23. The van der Waals surface area contributed by atoms with E-state index < -0.39 is 0 Å². The molecule has 0 aromatic carbocycles. The predicted octanol–water partition coefficient (Wildman–Crippen LogP) is 1.94. The third-order valence-corrected chi connectivity index (χ3v) is 3.53. The summed E-state index contributed by atoms with van der Waals surface area (Å²) in [6.07, 6.45) is 8.88. The second-order valence-corrected chi connectivity index (χ2v) is 5.24.